The highest BCUT2D eigenvalue weighted by Gasteiger charge is 2.09. The van der Waals surface area contributed by atoms with Crippen molar-refractivity contribution < 1.29 is 53.0 Å². The summed E-state index contributed by atoms with van der Waals surface area (Å²) in [6.07, 6.45) is 2.45. The van der Waals surface area contributed by atoms with Crippen LogP contribution in [0.5, 0.6) is 0 Å². The van der Waals surface area contributed by atoms with E-state index in [4.69, 9.17) is 43.4 Å². The molecule has 0 atom stereocenters. The SMILES string of the molecule is CCCOCCOCCOCCN(CCOCCOCCOCCCC(=O)CCOCCO)CC(=O)O. The Bertz CT molecular complexity index is 511. The molecule has 0 amide bonds. The predicted octanol–water partition coefficient (Wildman–Crippen LogP) is 0.631. The average Bonchev–Trinajstić information content (AvgIpc) is 2.87. The Morgan fingerprint density at radius 2 is 1.05 bits per heavy atom. The summed E-state index contributed by atoms with van der Waals surface area (Å²) in [6.45, 7) is 9.30. The van der Waals surface area contributed by atoms with E-state index in [0.29, 0.717) is 112 Å². The fourth-order valence-electron chi connectivity index (χ4n) is 2.93. The van der Waals surface area contributed by atoms with Crippen LogP contribution < -0.4 is 0 Å². The summed E-state index contributed by atoms with van der Waals surface area (Å²) in [4.78, 5) is 24.5. The second-order valence-electron chi connectivity index (χ2n) is 8.07. The predicted molar refractivity (Wildman–Crippen MR) is 136 cm³/mol. The average molecular weight is 540 g/mol. The normalized spacial score (nSPS) is 11.4. The molecule has 12 nitrogen and oxygen atoms in total. The van der Waals surface area contributed by atoms with E-state index in [1.807, 2.05) is 0 Å². The standard InChI is InChI=1S/C25H49NO11/c1-2-9-31-15-19-36-21-17-34-12-6-26(23-25(29)30)7-13-35-18-22-37-20-16-32-10-3-4-24(28)5-11-33-14-8-27/h27H,2-23H2,1H3,(H,29,30). The molecule has 0 heterocycles. The van der Waals surface area contributed by atoms with Crippen molar-refractivity contribution in [3.8, 4) is 0 Å². The van der Waals surface area contributed by atoms with Crippen molar-refractivity contribution in [3.05, 3.63) is 0 Å². The number of nitrogens with zero attached hydrogens (tertiary/aromatic N) is 1. The Balaban J connectivity index is 3.53. The summed E-state index contributed by atoms with van der Waals surface area (Å²) in [7, 11) is 0. The van der Waals surface area contributed by atoms with E-state index < -0.39 is 5.97 Å². The van der Waals surface area contributed by atoms with Crippen LogP contribution in [0.1, 0.15) is 32.6 Å². The molecule has 37 heavy (non-hydrogen) atoms. The van der Waals surface area contributed by atoms with E-state index in [0.717, 1.165) is 13.0 Å². The molecule has 0 aliphatic carbocycles. The fraction of sp³-hybridized carbons (Fsp3) is 0.920. The first-order valence-electron chi connectivity index (χ1n) is 13.2. The van der Waals surface area contributed by atoms with Gasteiger partial charge in [0, 0.05) is 39.1 Å². The quantitative estimate of drug-likeness (QED) is 0.119. The summed E-state index contributed by atoms with van der Waals surface area (Å²) in [5.74, 6) is -0.770. The lowest BCUT2D eigenvalue weighted by Gasteiger charge is -2.20. The zero-order chi connectivity index (χ0) is 27.2. The topological polar surface area (TPSA) is 142 Å². The number of rotatable bonds is 31. The van der Waals surface area contributed by atoms with Crippen molar-refractivity contribution in [2.75, 3.05) is 119 Å². The monoisotopic (exact) mass is 539 g/mol. The minimum absolute atomic E-state index is 0.0366. The number of ether oxygens (including phenoxy) is 7. The molecule has 0 spiro atoms. The number of aliphatic carboxylic acids is 1. The fourth-order valence-corrected chi connectivity index (χ4v) is 2.93. The number of aliphatic hydroxyl groups is 1. The molecule has 0 aromatic rings. The van der Waals surface area contributed by atoms with Crippen molar-refractivity contribution in [3.63, 3.8) is 0 Å². The van der Waals surface area contributed by atoms with Crippen LogP contribution in [0.2, 0.25) is 0 Å². The lowest BCUT2D eigenvalue weighted by molar-refractivity contribution is -0.138. The van der Waals surface area contributed by atoms with Gasteiger partial charge < -0.3 is 43.4 Å². The lowest BCUT2D eigenvalue weighted by atomic mass is 10.2. The highest BCUT2D eigenvalue weighted by Crippen LogP contribution is 1.97. The van der Waals surface area contributed by atoms with Crippen LogP contribution in [-0.4, -0.2) is 146 Å². The van der Waals surface area contributed by atoms with Crippen LogP contribution >= 0.6 is 0 Å². The second kappa shape index (κ2) is 29.3. The molecule has 0 aliphatic heterocycles. The van der Waals surface area contributed by atoms with E-state index in [2.05, 4.69) is 6.92 Å². The van der Waals surface area contributed by atoms with Crippen molar-refractivity contribution >= 4 is 11.8 Å². The van der Waals surface area contributed by atoms with Crippen molar-refractivity contribution in [1.29, 1.82) is 0 Å². The van der Waals surface area contributed by atoms with Gasteiger partial charge in [-0.1, -0.05) is 6.92 Å². The molecule has 2 N–H and O–H groups in total. The third-order valence-corrected chi connectivity index (χ3v) is 4.80. The third-order valence-electron chi connectivity index (χ3n) is 4.80. The summed E-state index contributed by atoms with van der Waals surface area (Å²) >= 11 is 0. The number of ketones is 1. The molecular formula is C25H49NO11. The van der Waals surface area contributed by atoms with Gasteiger partial charge in [0.2, 0.25) is 0 Å². The summed E-state index contributed by atoms with van der Waals surface area (Å²) in [5, 5.41) is 17.7. The maximum Gasteiger partial charge on any atom is 0.317 e. The molecule has 220 valence electrons. The number of aliphatic hydroxyl groups excluding tert-OH is 1. The van der Waals surface area contributed by atoms with Crippen LogP contribution in [0.25, 0.3) is 0 Å². The van der Waals surface area contributed by atoms with Crippen LogP contribution in [0.4, 0.5) is 0 Å². The van der Waals surface area contributed by atoms with E-state index in [-0.39, 0.29) is 25.5 Å². The van der Waals surface area contributed by atoms with Crippen LogP contribution in [0, 0.1) is 0 Å². The van der Waals surface area contributed by atoms with Gasteiger partial charge in [-0.2, -0.15) is 0 Å². The third kappa shape index (κ3) is 29.2. The minimum Gasteiger partial charge on any atom is -0.480 e. The van der Waals surface area contributed by atoms with E-state index in [1.165, 1.54) is 0 Å². The Morgan fingerprint density at radius 3 is 1.54 bits per heavy atom. The van der Waals surface area contributed by atoms with Gasteiger partial charge in [0.1, 0.15) is 5.78 Å². The smallest absolute Gasteiger partial charge is 0.317 e. The molecular weight excluding hydrogens is 490 g/mol. The number of hydrogen-bond donors (Lipinski definition) is 2. The van der Waals surface area contributed by atoms with Crippen molar-refractivity contribution in [2.45, 2.75) is 32.6 Å². The first-order chi connectivity index (χ1) is 18.1. The Morgan fingerprint density at radius 1 is 0.595 bits per heavy atom. The number of carboxylic acids is 1. The van der Waals surface area contributed by atoms with Crippen LogP contribution in [-0.2, 0) is 42.7 Å². The summed E-state index contributed by atoms with van der Waals surface area (Å²) in [5.41, 5.74) is 0. The first kappa shape index (κ1) is 35.8. The van der Waals surface area contributed by atoms with Gasteiger partial charge in [-0.15, -0.1) is 0 Å². The molecule has 0 radical (unpaired) electrons. The lowest BCUT2D eigenvalue weighted by Crippen LogP contribution is -2.35. The molecule has 0 rings (SSSR count). The molecule has 0 aromatic carbocycles. The molecule has 12 heteroatoms. The van der Waals surface area contributed by atoms with E-state index in [1.54, 1.807) is 4.90 Å². The summed E-state index contributed by atoms with van der Waals surface area (Å²) in [6, 6.07) is 0. The highest BCUT2D eigenvalue weighted by atomic mass is 16.5. The first-order valence-corrected chi connectivity index (χ1v) is 13.2. The van der Waals surface area contributed by atoms with E-state index >= 15 is 0 Å². The zero-order valence-electron chi connectivity index (χ0n) is 22.6. The number of carboxylic acid groups (broad SMARTS) is 1. The number of carbonyl (C=O) groups is 2. The van der Waals surface area contributed by atoms with Gasteiger partial charge >= 0.3 is 5.97 Å². The van der Waals surface area contributed by atoms with Gasteiger partial charge in [-0.25, -0.2) is 0 Å². The van der Waals surface area contributed by atoms with Crippen molar-refractivity contribution in [1.82, 2.24) is 4.90 Å². The Labute approximate surface area is 221 Å². The van der Waals surface area contributed by atoms with E-state index in [9.17, 15) is 9.59 Å². The second-order valence-corrected chi connectivity index (χ2v) is 8.07. The van der Waals surface area contributed by atoms with Crippen molar-refractivity contribution in [2.24, 2.45) is 0 Å². The number of hydrogen-bond acceptors (Lipinski definition) is 11. The molecule has 0 aromatic heterocycles. The summed E-state index contributed by atoms with van der Waals surface area (Å²) < 4.78 is 37.7. The molecule has 0 fully saturated rings. The molecule has 0 saturated carbocycles. The van der Waals surface area contributed by atoms with Crippen LogP contribution in [0.3, 0.4) is 0 Å². The largest absolute Gasteiger partial charge is 0.480 e. The molecule has 0 unspecified atom stereocenters. The highest BCUT2D eigenvalue weighted by molar-refractivity contribution is 5.78. The maximum absolute atomic E-state index is 11.6. The molecule has 0 saturated heterocycles. The minimum atomic E-state index is -0.893. The van der Waals surface area contributed by atoms with Crippen LogP contribution in [0.15, 0.2) is 0 Å². The maximum atomic E-state index is 11.6. The Hall–Kier alpha value is -1.22. The van der Waals surface area contributed by atoms with Gasteiger partial charge in [-0.3, -0.25) is 14.5 Å². The van der Waals surface area contributed by atoms with Gasteiger partial charge in [-0.05, 0) is 12.8 Å². The number of Topliss-reactive ketones (excluding diaryl/α,β-unsaturated/α-hetero) is 1. The van der Waals surface area contributed by atoms with Gasteiger partial charge in [0.25, 0.3) is 0 Å². The molecule has 0 bridgehead atoms. The zero-order valence-corrected chi connectivity index (χ0v) is 22.6. The van der Waals surface area contributed by atoms with Gasteiger partial charge in [0.05, 0.1) is 92.4 Å². The Kier molecular flexibility index (Phi) is 28.4. The molecule has 0 aliphatic rings. The number of carbonyl (C=O) groups excluding carboxylic acids is 1. The van der Waals surface area contributed by atoms with Gasteiger partial charge in [0.15, 0.2) is 0 Å².